The number of hydrogen-bond acceptors (Lipinski definition) is 4. The fraction of sp³-hybridized carbons (Fsp3) is 0.0714. The van der Waals surface area contributed by atoms with Crippen LogP contribution in [0.4, 0.5) is 0 Å². The Morgan fingerprint density at radius 2 is 2.00 bits per heavy atom. The van der Waals surface area contributed by atoms with Crippen LogP contribution in [0.1, 0.15) is 5.69 Å². The Balaban J connectivity index is 0.000000178. The molecule has 0 unspecified atom stereocenters. The van der Waals surface area contributed by atoms with E-state index in [2.05, 4.69) is 55.1 Å². The van der Waals surface area contributed by atoms with Crippen molar-refractivity contribution in [3.8, 4) is 10.6 Å². The van der Waals surface area contributed by atoms with Gasteiger partial charge in [-0.15, -0.1) is 11.3 Å². The van der Waals surface area contributed by atoms with Crippen molar-refractivity contribution in [1.82, 2.24) is 15.0 Å². The summed E-state index contributed by atoms with van der Waals surface area (Å²) < 4.78 is 0.987. The van der Waals surface area contributed by atoms with Crippen LogP contribution in [-0.4, -0.2) is 15.0 Å². The topological polar surface area (TPSA) is 58.6 Å². The van der Waals surface area contributed by atoms with Crippen molar-refractivity contribution in [1.29, 1.82) is 0 Å². The smallest absolute Gasteiger partial charge is 0.313 e. The van der Waals surface area contributed by atoms with Crippen molar-refractivity contribution in [2.24, 2.45) is 0 Å². The second-order valence-corrected chi connectivity index (χ2v) is 5.35. The van der Waals surface area contributed by atoms with Gasteiger partial charge < -0.3 is 4.98 Å². The molecule has 0 saturated carbocycles. The quantitative estimate of drug-likeness (QED) is 0.532. The van der Waals surface area contributed by atoms with Crippen LogP contribution >= 0.6 is 33.9 Å². The third-order valence-corrected chi connectivity index (χ3v) is 4.01. The van der Waals surface area contributed by atoms with E-state index in [1.807, 2.05) is 18.2 Å². The van der Waals surface area contributed by atoms with Gasteiger partial charge >= 0.3 is 5.69 Å². The number of rotatable bonds is 2. The first-order valence-electron chi connectivity index (χ1n) is 5.85. The van der Waals surface area contributed by atoms with E-state index in [0.717, 1.165) is 9.44 Å². The second kappa shape index (κ2) is 7.91. The summed E-state index contributed by atoms with van der Waals surface area (Å²) in [6.07, 6.45) is 2.98. The molecule has 1 N–H and O–H groups in total. The van der Waals surface area contributed by atoms with E-state index in [1.54, 1.807) is 17.4 Å². The van der Waals surface area contributed by atoms with Crippen molar-refractivity contribution in [2.75, 3.05) is 0 Å². The highest BCUT2D eigenvalue weighted by atomic mass is 127. The van der Waals surface area contributed by atoms with Gasteiger partial charge in [-0.3, -0.25) is 0 Å². The molecule has 0 saturated heterocycles. The molecule has 1 aromatic carbocycles. The van der Waals surface area contributed by atoms with E-state index in [1.165, 1.54) is 23.7 Å². The first-order valence-corrected chi connectivity index (χ1v) is 8.25. The summed E-state index contributed by atoms with van der Waals surface area (Å²) in [5.41, 5.74) is 2.08. The maximum absolute atomic E-state index is 10.1. The Bertz CT molecular complexity index is 679. The van der Waals surface area contributed by atoms with Crippen molar-refractivity contribution in [3.63, 3.8) is 0 Å². The highest BCUT2D eigenvalue weighted by molar-refractivity contribution is 14.1. The number of hydrogen-bond donors (Lipinski definition) is 1. The van der Waals surface area contributed by atoms with Crippen LogP contribution < -0.4 is 5.69 Å². The van der Waals surface area contributed by atoms with Crippen LogP contribution in [-0.2, 0) is 4.43 Å². The summed E-state index contributed by atoms with van der Waals surface area (Å²) in [5.74, 6) is 0. The minimum atomic E-state index is -0.303. The van der Waals surface area contributed by atoms with E-state index in [-0.39, 0.29) is 5.69 Å². The zero-order valence-corrected chi connectivity index (χ0v) is 13.5. The lowest BCUT2D eigenvalue weighted by Gasteiger charge is -1.92. The molecule has 102 valence electrons. The number of nitrogens with one attached hydrogen (secondary N) is 1. The normalized spacial score (nSPS) is 9.65. The van der Waals surface area contributed by atoms with Crippen LogP contribution in [0.5, 0.6) is 0 Å². The van der Waals surface area contributed by atoms with E-state index >= 15 is 0 Å². The summed E-state index contributed by atoms with van der Waals surface area (Å²) in [6, 6.07) is 11.9. The highest BCUT2D eigenvalue weighted by Gasteiger charge is 2.01. The minimum Gasteiger partial charge on any atom is -0.313 e. The van der Waals surface area contributed by atoms with Crippen molar-refractivity contribution in [3.05, 3.63) is 70.4 Å². The molecule has 0 aliphatic rings. The number of thiazole rings is 1. The zero-order chi connectivity index (χ0) is 14.2. The van der Waals surface area contributed by atoms with E-state index in [0.29, 0.717) is 0 Å². The molecule has 0 atom stereocenters. The van der Waals surface area contributed by atoms with Gasteiger partial charge in [-0.25, -0.2) is 14.8 Å². The van der Waals surface area contributed by atoms with Crippen LogP contribution in [0.25, 0.3) is 10.6 Å². The lowest BCUT2D eigenvalue weighted by atomic mass is 10.2. The molecule has 0 amide bonds. The second-order valence-electron chi connectivity index (χ2n) is 3.73. The van der Waals surface area contributed by atoms with Gasteiger partial charge in [-0.2, -0.15) is 0 Å². The largest absolute Gasteiger partial charge is 0.344 e. The third kappa shape index (κ3) is 4.53. The van der Waals surface area contributed by atoms with Crippen molar-refractivity contribution in [2.45, 2.75) is 4.43 Å². The molecule has 0 bridgehead atoms. The number of benzene rings is 1. The molecular weight excluding hydrogens is 385 g/mol. The van der Waals surface area contributed by atoms with Gasteiger partial charge in [0.1, 0.15) is 5.01 Å². The maximum atomic E-state index is 10.1. The number of aromatic nitrogens is 3. The summed E-state index contributed by atoms with van der Waals surface area (Å²) in [4.78, 5) is 20.3. The number of halogens is 1. The molecule has 0 spiro atoms. The summed E-state index contributed by atoms with van der Waals surface area (Å²) >= 11 is 4.04. The van der Waals surface area contributed by atoms with Gasteiger partial charge in [0.05, 0.1) is 5.69 Å². The zero-order valence-electron chi connectivity index (χ0n) is 10.5. The van der Waals surface area contributed by atoms with Gasteiger partial charge in [0.2, 0.25) is 0 Å². The van der Waals surface area contributed by atoms with E-state index < -0.39 is 0 Å². The maximum Gasteiger partial charge on any atom is 0.344 e. The molecule has 3 aromatic rings. The lowest BCUT2D eigenvalue weighted by Crippen LogP contribution is -2.05. The Kier molecular flexibility index (Phi) is 5.87. The molecule has 6 heteroatoms. The SMILES string of the molecule is ICc1csc(-c2ccccc2)n1.O=c1nccc[nH]1. The minimum absolute atomic E-state index is 0.303. The molecule has 2 aromatic heterocycles. The fourth-order valence-corrected chi connectivity index (χ4v) is 2.91. The Morgan fingerprint density at radius 3 is 2.50 bits per heavy atom. The summed E-state index contributed by atoms with van der Waals surface area (Å²) in [7, 11) is 0. The first-order chi connectivity index (χ1) is 9.79. The van der Waals surface area contributed by atoms with Crippen LogP contribution in [0.2, 0.25) is 0 Å². The molecule has 3 rings (SSSR count). The molecular formula is C14H12IN3OS. The van der Waals surface area contributed by atoms with Crippen molar-refractivity contribution >= 4 is 33.9 Å². The number of nitrogens with zero attached hydrogens (tertiary/aromatic N) is 2. The van der Waals surface area contributed by atoms with Crippen molar-refractivity contribution < 1.29 is 0 Å². The lowest BCUT2D eigenvalue weighted by molar-refractivity contribution is 1.08. The molecule has 4 nitrogen and oxygen atoms in total. The predicted molar refractivity (Wildman–Crippen MR) is 90.1 cm³/mol. The Hall–Kier alpha value is -1.54. The fourth-order valence-electron chi connectivity index (χ4n) is 1.39. The monoisotopic (exact) mass is 397 g/mol. The standard InChI is InChI=1S/C10H8INS.C4H4N2O/c11-6-9-7-13-10(12-9)8-4-2-1-3-5-8;7-4-5-2-1-3-6-4/h1-5,7H,6H2;1-3H,(H,5,6,7). The van der Waals surface area contributed by atoms with Gasteiger partial charge in [0.15, 0.2) is 0 Å². The molecule has 0 radical (unpaired) electrons. The number of aromatic amines is 1. The highest BCUT2D eigenvalue weighted by Crippen LogP contribution is 2.23. The van der Waals surface area contributed by atoms with Gasteiger partial charge in [-0.05, 0) is 6.07 Å². The summed E-state index contributed by atoms with van der Waals surface area (Å²) in [5, 5.41) is 3.24. The predicted octanol–water partition coefficient (Wildman–Crippen LogP) is 3.52. The number of H-pyrrole nitrogens is 1. The average Bonchev–Trinajstić information content (AvgIpc) is 2.99. The van der Waals surface area contributed by atoms with E-state index in [4.69, 9.17) is 0 Å². The molecule has 2 heterocycles. The van der Waals surface area contributed by atoms with Gasteiger partial charge in [-0.1, -0.05) is 52.9 Å². The van der Waals surface area contributed by atoms with E-state index in [9.17, 15) is 4.79 Å². The van der Waals surface area contributed by atoms with Gasteiger partial charge in [0, 0.05) is 27.8 Å². The third-order valence-electron chi connectivity index (χ3n) is 2.29. The van der Waals surface area contributed by atoms with Crippen LogP contribution in [0.15, 0.2) is 59.0 Å². The number of alkyl halides is 1. The molecule has 0 aliphatic heterocycles. The first kappa shape index (κ1) is 14.9. The summed E-state index contributed by atoms with van der Waals surface area (Å²) in [6.45, 7) is 0. The Labute approximate surface area is 134 Å². The van der Waals surface area contributed by atoms with Crippen LogP contribution in [0, 0.1) is 0 Å². The molecule has 20 heavy (non-hydrogen) atoms. The molecule has 0 fully saturated rings. The average molecular weight is 397 g/mol. The van der Waals surface area contributed by atoms with Gasteiger partial charge in [0.25, 0.3) is 0 Å². The Morgan fingerprint density at radius 1 is 1.20 bits per heavy atom. The van der Waals surface area contributed by atoms with Crippen LogP contribution in [0.3, 0.4) is 0 Å². The molecule has 0 aliphatic carbocycles.